The largest absolute Gasteiger partial charge is 0.872 e. The predicted octanol–water partition coefficient (Wildman–Crippen LogP) is -0.287. The topological polar surface area (TPSA) is 121 Å². The lowest BCUT2D eigenvalue weighted by molar-refractivity contribution is -0.858. The number of hydrogen-bond acceptors (Lipinski definition) is 7. The second-order valence-electron chi connectivity index (χ2n) is 9.21. The van der Waals surface area contributed by atoms with E-state index in [4.69, 9.17) is 9.47 Å². The molecular weight excluding hydrogens is 498 g/mol. The summed E-state index contributed by atoms with van der Waals surface area (Å²) in [4.78, 5) is 28.9. The SMILES string of the molecule is COc1ccc(C2/C(=C(\[O-])c3ccc(S(=O)(=O)N(C)C)cc3)C(=O)C(=O)N2CCC[NH+](C)C)cc1OC. The Balaban J connectivity index is 2.14. The summed E-state index contributed by atoms with van der Waals surface area (Å²) in [5.74, 6) is -1.38. The highest BCUT2D eigenvalue weighted by atomic mass is 32.2. The van der Waals surface area contributed by atoms with Crippen molar-refractivity contribution in [1.29, 1.82) is 0 Å². The molecule has 10 nitrogen and oxygen atoms in total. The van der Waals surface area contributed by atoms with Crippen LogP contribution < -0.4 is 19.5 Å². The van der Waals surface area contributed by atoms with Crippen LogP contribution in [0.2, 0.25) is 0 Å². The van der Waals surface area contributed by atoms with Gasteiger partial charge in [-0.1, -0.05) is 24.0 Å². The third kappa shape index (κ3) is 5.63. The maximum Gasteiger partial charge on any atom is 0.295 e. The predicted molar refractivity (Wildman–Crippen MR) is 136 cm³/mol. The number of nitrogens with zero attached hydrogens (tertiary/aromatic N) is 2. The van der Waals surface area contributed by atoms with Crippen molar-refractivity contribution < 1.29 is 37.5 Å². The third-order valence-corrected chi connectivity index (χ3v) is 8.05. The first-order chi connectivity index (χ1) is 17.4. The van der Waals surface area contributed by atoms with E-state index in [1.54, 1.807) is 18.2 Å². The fraction of sp³-hybridized carbons (Fsp3) is 0.385. The zero-order valence-corrected chi connectivity index (χ0v) is 22.7. The van der Waals surface area contributed by atoms with Crippen LogP contribution in [0.25, 0.3) is 5.76 Å². The Bertz CT molecular complexity index is 1300. The molecule has 11 heteroatoms. The van der Waals surface area contributed by atoms with Crippen LogP contribution >= 0.6 is 0 Å². The van der Waals surface area contributed by atoms with Gasteiger partial charge in [-0.3, -0.25) is 9.59 Å². The molecular formula is C26H33N3O7S. The van der Waals surface area contributed by atoms with Crippen molar-refractivity contribution in [2.45, 2.75) is 17.4 Å². The highest BCUT2D eigenvalue weighted by Gasteiger charge is 2.44. The molecule has 200 valence electrons. The van der Waals surface area contributed by atoms with Gasteiger partial charge in [-0.25, -0.2) is 12.7 Å². The smallest absolute Gasteiger partial charge is 0.295 e. The molecule has 1 heterocycles. The number of ether oxygens (including phenoxy) is 2. The molecule has 1 aliphatic rings. The van der Waals surface area contributed by atoms with E-state index in [9.17, 15) is 23.1 Å². The molecule has 2 aromatic carbocycles. The number of rotatable bonds is 10. The molecule has 3 rings (SSSR count). The summed E-state index contributed by atoms with van der Waals surface area (Å²) in [7, 11) is 6.08. The van der Waals surface area contributed by atoms with Crippen molar-refractivity contribution in [2.24, 2.45) is 0 Å². The fourth-order valence-electron chi connectivity index (χ4n) is 4.22. The normalized spacial score (nSPS) is 17.6. The molecule has 1 N–H and O–H groups in total. The number of likely N-dealkylation sites (tertiary alicyclic amines) is 1. The van der Waals surface area contributed by atoms with E-state index in [1.165, 1.54) is 62.4 Å². The zero-order chi connectivity index (χ0) is 27.5. The van der Waals surface area contributed by atoms with Gasteiger partial charge in [0, 0.05) is 32.6 Å². The second kappa shape index (κ2) is 11.3. The molecule has 1 fully saturated rings. The number of carbonyl (C=O) groups excluding carboxylic acids is 2. The number of Topliss-reactive ketones (excluding diaryl/α,β-unsaturated/α-hetero) is 1. The summed E-state index contributed by atoms with van der Waals surface area (Å²) in [6.45, 7) is 1.05. The number of nitrogens with one attached hydrogen (secondary N) is 1. The Hall–Kier alpha value is -3.41. The molecule has 0 aliphatic carbocycles. The summed E-state index contributed by atoms with van der Waals surface area (Å²) in [6.07, 6.45) is 0.629. The standard InChI is InChI=1S/C26H33N3O7S/c1-27(2)14-7-15-29-23(18-10-13-20(35-5)21(16-18)36-6)22(25(31)26(29)32)24(30)17-8-11-19(12-9-17)37(33,34)28(3)4/h8-13,16,23,30H,7,14-15H2,1-6H3/b24-22+. The van der Waals surface area contributed by atoms with Crippen molar-refractivity contribution in [3.05, 3.63) is 59.2 Å². The second-order valence-corrected chi connectivity index (χ2v) is 11.4. The van der Waals surface area contributed by atoms with Gasteiger partial charge in [-0.05, 0) is 35.4 Å². The van der Waals surface area contributed by atoms with Gasteiger partial charge in [0.15, 0.2) is 11.5 Å². The maximum absolute atomic E-state index is 13.6. The van der Waals surface area contributed by atoms with E-state index >= 15 is 0 Å². The summed E-state index contributed by atoms with van der Waals surface area (Å²) in [5, 5.41) is 13.6. The summed E-state index contributed by atoms with van der Waals surface area (Å²) < 4.78 is 36.6. The average molecular weight is 532 g/mol. The van der Waals surface area contributed by atoms with Crippen LogP contribution in [-0.4, -0.2) is 84.8 Å². The van der Waals surface area contributed by atoms with Crippen molar-refractivity contribution >= 4 is 27.5 Å². The van der Waals surface area contributed by atoms with E-state index in [-0.39, 0.29) is 22.6 Å². The molecule has 0 spiro atoms. The molecule has 2 aromatic rings. The minimum atomic E-state index is -3.69. The average Bonchev–Trinajstić information content (AvgIpc) is 3.12. The molecule has 1 amide bonds. The van der Waals surface area contributed by atoms with E-state index in [0.29, 0.717) is 23.5 Å². The van der Waals surface area contributed by atoms with Crippen LogP contribution in [0.15, 0.2) is 52.9 Å². The molecule has 0 radical (unpaired) electrons. The van der Waals surface area contributed by atoms with Crippen LogP contribution in [0.4, 0.5) is 0 Å². The Kier molecular flexibility index (Phi) is 8.62. The summed E-state index contributed by atoms with van der Waals surface area (Å²) in [5.41, 5.74) is 0.459. The molecule has 0 bridgehead atoms. The van der Waals surface area contributed by atoms with Crippen LogP contribution in [0.5, 0.6) is 11.5 Å². The molecule has 1 atom stereocenters. The lowest BCUT2D eigenvalue weighted by atomic mass is 9.95. The molecule has 1 unspecified atom stereocenters. The minimum Gasteiger partial charge on any atom is -0.872 e. The number of quaternary nitrogens is 1. The highest BCUT2D eigenvalue weighted by molar-refractivity contribution is 7.89. The van der Waals surface area contributed by atoms with Crippen molar-refractivity contribution in [3.8, 4) is 11.5 Å². The van der Waals surface area contributed by atoms with Crippen molar-refractivity contribution in [2.75, 3.05) is 55.5 Å². The van der Waals surface area contributed by atoms with Crippen LogP contribution in [-0.2, 0) is 19.6 Å². The van der Waals surface area contributed by atoms with Crippen molar-refractivity contribution in [3.63, 3.8) is 0 Å². The molecule has 0 aromatic heterocycles. The van der Waals surface area contributed by atoms with E-state index in [1.807, 2.05) is 14.1 Å². The van der Waals surface area contributed by atoms with Gasteiger partial charge in [-0.2, -0.15) is 0 Å². The Morgan fingerprint density at radius 3 is 2.19 bits per heavy atom. The van der Waals surface area contributed by atoms with Gasteiger partial charge in [0.2, 0.25) is 15.8 Å². The van der Waals surface area contributed by atoms with Gasteiger partial charge >= 0.3 is 0 Å². The lowest BCUT2D eigenvalue weighted by Crippen LogP contribution is -3.05. The number of methoxy groups -OCH3 is 2. The van der Waals surface area contributed by atoms with E-state index in [2.05, 4.69) is 0 Å². The zero-order valence-electron chi connectivity index (χ0n) is 21.9. The van der Waals surface area contributed by atoms with Gasteiger partial charge in [0.05, 0.1) is 45.8 Å². The lowest BCUT2D eigenvalue weighted by Gasteiger charge is -2.28. The first kappa shape index (κ1) is 28.2. The monoisotopic (exact) mass is 531 g/mol. The molecule has 37 heavy (non-hydrogen) atoms. The van der Waals surface area contributed by atoms with Crippen molar-refractivity contribution in [1.82, 2.24) is 9.21 Å². The summed E-state index contributed by atoms with van der Waals surface area (Å²) >= 11 is 0. The van der Waals surface area contributed by atoms with Crippen LogP contribution in [0, 0.1) is 0 Å². The third-order valence-electron chi connectivity index (χ3n) is 6.22. The number of ketones is 1. The van der Waals surface area contributed by atoms with E-state index in [0.717, 1.165) is 10.8 Å². The Morgan fingerprint density at radius 1 is 1.03 bits per heavy atom. The van der Waals surface area contributed by atoms with E-state index < -0.39 is 33.5 Å². The minimum absolute atomic E-state index is 0.0112. The Labute approximate surface area is 217 Å². The molecule has 1 saturated heterocycles. The Morgan fingerprint density at radius 2 is 1.65 bits per heavy atom. The highest BCUT2D eigenvalue weighted by Crippen LogP contribution is 2.41. The van der Waals surface area contributed by atoms with Gasteiger partial charge in [0.1, 0.15) is 0 Å². The first-order valence-corrected chi connectivity index (χ1v) is 13.2. The number of benzene rings is 2. The van der Waals surface area contributed by atoms with Gasteiger partial charge < -0.3 is 24.4 Å². The number of sulfonamides is 1. The number of hydrogen-bond donors (Lipinski definition) is 1. The summed E-state index contributed by atoms with van der Waals surface area (Å²) in [6, 6.07) is 9.42. The maximum atomic E-state index is 13.6. The fourth-order valence-corrected chi connectivity index (χ4v) is 5.12. The van der Waals surface area contributed by atoms with Crippen LogP contribution in [0.1, 0.15) is 23.6 Å². The van der Waals surface area contributed by atoms with Crippen LogP contribution in [0.3, 0.4) is 0 Å². The molecule has 1 aliphatic heterocycles. The number of amides is 1. The quantitative estimate of drug-likeness (QED) is 0.254. The van der Waals surface area contributed by atoms with Gasteiger partial charge in [0.25, 0.3) is 5.91 Å². The number of carbonyl (C=O) groups is 2. The molecule has 0 saturated carbocycles. The first-order valence-electron chi connectivity index (χ1n) is 11.7. The van der Waals surface area contributed by atoms with Gasteiger partial charge in [-0.15, -0.1) is 0 Å².